The topological polar surface area (TPSA) is 39.5 Å². The van der Waals surface area contributed by atoms with Crippen LogP contribution in [0, 0.1) is 17.8 Å². The van der Waals surface area contributed by atoms with E-state index in [2.05, 4.69) is 15.8 Å². The van der Waals surface area contributed by atoms with E-state index in [1.165, 1.54) is 56.3 Å². The molecule has 1 aromatic rings. The first kappa shape index (κ1) is 17.2. The lowest BCUT2D eigenvalue weighted by Crippen LogP contribution is -2.40. The van der Waals surface area contributed by atoms with Crippen molar-refractivity contribution in [3.05, 3.63) is 17.5 Å². The smallest absolute Gasteiger partial charge is 0.0562 e. The molecule has 5 heteroatoms. The first-order valence-corrected chi connectivity index (χ1v) is 10.8. The molecule has 3 fully saturated rings. The molecule has 5 rings (SSSR count). The largest absolute Gasteiger partial charge is 0.381 e. The Kier molecular flexibility index (Phi) is 5.03. The highest BCUT2D eigenvalue weighted by Crippen LogP contribution is 2.35. The van der Waals surface area contributed by atoms with Gasteiger partial charge in [0.2, 0.25) is 0 Å². The lowest BCUT2D eigenvalue weighted by atomic mass is 9.93. The first-order chi connectivity index (χ1) is 12.8. The lowest BCUT2D eigenvalue weighted by Gasteiger charge is -2.36. The monoisotopic (exact) mass is 359 g/mol. The summed E-state index contributed by atoms with van der Waals surface area (Å²) in [5, 5.41) is 4.78. The van der Waals surface area contributed by atoms with Gasteiger partial charge in [0.25, 0.3) is 0 Å². The lowest BCUT2D eigenvalue weighted by molar-refractivity contribution is 0.0425. The van der Waals surface area contributed by atoms with Crippen LogP contribution in [0.2, 0.25) is 0 Å². The third-order valence-electron chi connectivity index (χ3n) is 6.57. The van der Waals surface area contributed by atoms with Gasteiger partial charge >= 0.3 is 0 Å². The average molecular weight is 360 g/mol. The molecule has 0 N–H and O–H groups in total. The zero-order chi connectivity index (χ0) is 17.3. The van der Waals surface area contributed by atoms with Gasteiger partial charge in [-0.15, -0.1) is 0 Å². The van der Waals surface area contributed by atoms with Gasteiger partial charge in [0.05, 0.1) is 12.8 Å². The first-order valence-electron chi connectivity index (χ1n) is 10.8. The van der Waals surface area contributed by atoms with Gasteiger partial charge < -0.3 is 9.47 Å². The van der Waals surface area contributed by atoms with Crippen molar-refractivity contribution in [3.63, 3.8) is 0 Å². The second-order valence-electron chi connectivity index (χ2n) is 9.11. The van der Waals surface area contributed by atoms with Crippen molar-refractivity contribution >= 4 is 0 Å². The zero-order valence-electron chi connectivity index (χ0n) is 15.9. The Hall–Kier alpha value is -0.910. The molecule has 2 aliphatic carbocycles. The predicted molar refractivity (Wildman–Crippen MR) is 100 cm³/mol. The van der Waals surface area contributed by atoms with Crippen LogP contribution in [0.15, 0.2) is 6.20 Å². The van der Waals surface area contributed by atoms with Crippen molar-refractivity contribution in [1.29, 1.82) is 0 Å². The SMILES string of the molecule is c1nn(CC2CC2)c2c1CN(CC1CCOCC1)CC2COCC1CC1. The molecule has 0 aromatic carbocycles. The molecule has 1 saturated heterocycles. The maximum atomic E-state index is 6.15. The minimum Gasteiger partial charge on any atom is -0.381 e. The summed E-state index contributed by atoms with van der Waals surface area (Å²) in [6.45, 7) is 8.23. The van der Waals surface area contributed by atoms with Gasteiger partial charge in [0.15, 0.2) is 0 Å². The predicted octanol–water partition coefficient (Wildman–Crippen LogP) is 3.05. The van der Waals surface area contributed by atoms with E-state index in [-0.39, 0.29) is 0 Å². The van der Waals surface area contributed by atoms with Crippen LogP contribution in [0.3, 0.4) is 0 Å². The molecule has 0 radical (unpaired) electrons. The van der Waals surface area contributed by atoms with Crippen LogP contribution < -0.4 is 0 Å². The summed E-state index contributed by atoms with van der Waals surface area (Å²) >= 11 is 0. The summed E-state index contributed by atoms with van der Waals surface area (Å²) in [6, 6.07) is 0. The van der Waals surface area contributed by atoms with E-state index in [0.29, 0.717) is 5.92 Å². The minimum atomic E-state index is 0.485. The van der Waals surface area contributed by atoms with Gasteiger partial charge in [-0.2, -0.15) is 5.10 Å². The van der Waals surface area contributed by atoms with Crippen molar-refractivity contribution in [2.24, 2.45) is 17.8 Å². The Balaban J connectivity index is 1.27. The Morgan fingerprint density at radius 1 is 0.962 bits per heavy atom. The van der Waals surface area contributed by atoms with Crippen LogP contribution >= 0.6 is 0 Å². The van der Waals surface area contributed by atoms with Crippen LogP contribution in [0.1, 0.15) is 55.7 Å². The number of fused-ring (bicyclic) bond motifs is 1. The summed E-state index contributed by atoms with van der Waals surface area (Å²) in [7, 11) is 0. The van der Waals surface area contributed by atoms with Crippen LogP contribution in [0.5, 0.6) is 0 Å². The molecule has 1 aromatic heterocycles. The minimum absolute atomic E-state index is 0.485. The van der Waals surface area contributed by atoms with E-state index in [4.69, 9.17) is 14.6 Å². The number of hydrogen-bond donors (Lipinski definition) is 0. The number of rotatable bonds is 8. The summed E-state index contributed by atoms with van der Waals surface area (Å²) in [5.41, 5.74) is 2.93. The van der Waals surface area contributed by atoms with Gasteiger partial charge in [-0.05, 0) is 56.3 Å². The van der Waals surface area contributed by atoms with Crippen molar-refractivity contribution in [2.75, 3.05) is 39.5 Å². The third-order valence-corrected chi connectivity index (χ3v) is 6.57. The van der Waals surface area contributed by atoms with Gasteiger partial charge in [-0.1, -0.05) is 0 Å². The molecule has 144 valence electrons. The molecular weight excluding hydrogens is 326 g/mol. The summed E-state index contributed by atoms with van der Waals surface area (Å²) in [5.74, 6) is 2.98. The maximum Gasteiger partial charge on any atom is 0.0562 e. The summed E-state index contributed by atoms with van der Waals surface area (Å²) in [6.07, 6.45) is 10.1. The fraction of sp³-hybridized carbons (Fsp3) is 0.857. The molecule has 1 atom stereocenters. The fourth-order valence-corrected chi connectivity index (χ4v) is 4.65. The quantitative estimate of drug-likeness (QED) is 0.715. The Morgan fingerprint density at radius 2 is 1.73 bits per heavy atom. The molecule has 2 saturated carbocycles. The van der Waals surface area contributed by atoms with Gasteiger partial charge in [0.1, 0.15) is 0 Å². The Morgan fingerprint density at radius 3 is 2.50 bits per heavy atom. The molecule has 0 bridgehead atoms. The molecule has 1 unspecified atom stereocenters. The molecular formula is C21H33N3O2. The van der Waals surface area contributed by atoms with Crippen molar-refractivity contribution in [1.82, 2.24) is 14.7 Å². The highest BCUT2D eigenvalue weighted by atomic mass is 16.5. The molecule has 4 aliphatic rings. The Bertz CT molecular complexity index is 602. The van der Waals surface area contributed by atoms with E-state index in [1.54, 1.807) is 0 Å². The van der Waals surface area contributed by atoms with E-state index in [0.717, 1.165) is 63.8 Å². The van der Waals surface area contributed by atoms with E-state index < -0.39 is 0 Å². The van der Waals surface area contributed by atoms with Gasteiger partial charge in [-0.25, -0.2) is 0 Å². The zero-order valence-corrected chi connectivity index (χ0v) is 15.9. The number of nitrogens with zero attached hydrogens (tertiary/aromatic N) is 3. The molecule has 0 spiro atoms. The molecule has 0 amide bonds. The number of ether oxygens (including phenoxy) is 2. The van der Waals surface area contributed by atoms with Gasteiger partial charge in [-0.3, -0.25) is 9.58 Å². The molecule has 26 heavy (non-hydrogen) atoms. The molecule has 2 aliphatic heterocycles. The van der Waals surface area contributed by atoms with E-state index in [9.17, 15) is 0 Å². The van der Waals surface area contributed by atoms with Crippen LogP contribution in [-0.2, 0) is 22.6 Å². The summed E-state index contributed by atoms with van der Waals surface area (Å²) in [4.78, 5) is 2.66. The second-order valence-corrected chi connectivity index (χ2v) is 9.11. The highest BCUT2D eigenvalue weighted by Gasteiger charge is 2.33. The standard InChI is InChI=1S/C21H33N3O2/c1-2-16(1)11-24-21-19(9-22-24)12-23(10-17-5-7-25-8-6-17)13-20(21)15-26-14-18-3-4-18/h9,16-18,20H,1-8,10-15H2. The third kappa shape index (κ3) is 4.15. The van der Waals surface area contributed by atoms with Crippen LogP contribution in [0.25, 0.3) is 0 Å². The molecule has 3 heterocycles. The maximum absolute atomic E-state index is 6.15. The average Bonchev–Trinajstić information content (AvgIpc) is 3.57. The fourth-order valence-electron chi connectivity index (χ4n) is 4.65. The summed E-state index contributed by atoms with van der Waals surface area (Å²) < 4.78 is 14.0. The molecule has 5 nitrogen and oxygen atoms in total. The van der Waals surface area contributed by atoms with Gasteiger partial charge in [0, 0.05) is 63.2 Å². The Labute approximate surface area is 157 Å². The van der Waals surface area contributed by atoms with Crippen LogP contribution in [-0.4, -0.2) is 54.2 Å². The van der Waals surface area contributed by atoms with E-state index in [1.807, 2.05) is 0 Å². The van der Waals surface area contributed by atoms with Crippen molar-refractivity contribution < 1.29 is 9.47 Å². The number of hydrogen-bond acceptors (Lipinski definition) is 4. The number of aromatic nitrogens is 2. The normalized spacial score (nSPS) is 27.6. The second kappa shape index (κ2) is 7.61. The van der Waals surface area contributed by atoms with Crippen LogP contribution in [0.4, 0.5) is 0 Å². The van der Waals surface area contributed by atoms with Crippen molar-refractivity contribution in [3.8, 4) is 0 Å². The van der Waals surface area contributed by atoms with E-state index >= 15 is 0 Å². The highest BCUT2D eigenvalue weighted by molar-refractivity contribution is 5.25. The van der Waals surface area contributed by atoms with Crippen molar-refractivity contribution in [2.45, 2.75) is 57.5 Å².